The molecule has 2 saturated heterocycles. The molecule has 0 unspecified atom stereocenters. The van der Waals surface area contributed by atoms with E-state index in [2.05, 4.69) is 14.9 Å². The van der Waals surface area contributed by atoms with Crippen LogP contribution in [0.15, 0.2) is 6.07 Å². The standard InChI is InChI=1S/C16H25N5O/c1-13-12-15(18-14(2)17-13)19-8-10-21(11-9-19)16(22)20-6-4-3-5-7-20/h12H,3-11H2,1-2H3. The summed E-state index contributed by atoms with van der Waals surface area (Å²) in [6.07, 6.45) is 3.54. The Morgan fingerprint density at radius 2 is 1.55 bits per heavy atom. The van der Waals surface area contributed by atoms with Gasteiger partial charge in [-0.05, 0) is 33.1 Å². The van der Waals surface area contributed by atoms with Crippen LogP contribution in [0.1, 0.15) is 30.8 Å². The first-order valence-electron chi connectivity index (χ1n) is 8.24. The van der Waals surface area contributed by atoms with Gasteiger partial charge < -0.3 is 14.7 Å². The molecular weight excluding hydrogens is 278 g/mol. The van der Waals surface area contributed by atoms with Crippen molar-refractivity contribution in [1.82, 2.24) is 19.8 Å². The predicted molar refractivity (Wildman–Crippen MR) is 86.1 cm³/mol. The summed E-state index contributed by atoms with van der Waals surface area (Å²) in [5.74, 6) is 1.79. The van der Waals surface area contributed by atoms with E-state index in [-0.39, 0.29) is 6.03 Å². The number of nitrogens with zero attached hydrogens (tertiary/aromatic N) is 5. The van der Waals surface area contributed by atoms with E-state index in [1.807, 2.05) is 29.7 Å². The Morgan fingerprint density at radius 3 is 2.18 bits per heavy atom. The molecule has 0 radical (unpaired) electrons. The minimum Gasteiger partial charge on any atom is -0.353 e. The fourth-order valence-electron chi connectivity index (χ4n) is 3.27. The zero-order valence-corrected chi connectivity index (χ0v) is 13.6. The molecule has 1 aromatic heterocycles. The molecule has 0 saturated carbocycles. The molecule has 120 valence electrons. The third kappa shape index (κ3) is 3.31. The predicted octanol–water partition coefficient (Wildman–Crippen LogP) is 1.82. The van der Waals surface area contributed by atoms with Crippen molar-refractivity contribution in [3.63, 3.8) is 0 Å². The van der Waals surface area contributed by atoms with E-state index in [4.69, 9.17) is 0 Å². The smallest absolute Gasteiger partial charge is 0.320 e. The second-order valence-corrected chi connectivity index (χ2v) is 6.22. The Hall–Kier alpha value is -1.85. The zero-order chi connectivity index (χ0) is 15.5. The Kier molecular flexibility index (Phi) is 4.45. The third-order valence-electron chi connectivity index (χ3n) is 4.45. The first-order valence-corrected chi connectivity index (χ1v) is 8.24. The lowest BCUT2D eigenvalue weighted by atomic mass is 10.1. The number of urea groups is 1. The summed E-state index contributed by atoms with van der Waals surface area (Å²) in [6, 6.07) is 2.24. The Labute approximate surface area is 132 Å². The molecule has 2 aliphatic rings. The second kappa shape index (κ2) is 6.50. The molecule has 6 nitrogen and oxygen atoms in total. The highest BCUT2D eigenvalue weighted by Gasteiger charge is 2.26. The van der Waals surface area contributed by atoms with Crippen LogP contribution in [0.3, 0.4) is 0 Å². The Balaban J connectivity index is 1.58. The van der Waals surface area contributed by atoms with E-state index in [1.54, 1.807) is 0 Å². The number of piperazine rings is 1. The summed E-state index contributed by atoms with van der Waals surface area (Å²) in [5.41, 5.74) is 0.995. The number of amides is 2. The van der Waals surface area contributed by atoms with E-state index in [9.17, 15) is 4.79 Å². The second-order valence-electron chi connectivity index (χ2n) is 6.22. The van der Waals surface area contributed by atoms with Gasteiger partial charge in [0.2, 0.25) is 0 Å². The van der Waals surface area contributed by atoms with Crippen LogP contribution in [0.2, 0.25) is 0 Å². The van der Waals surface area contributed by atoms with E-state index >= 15 is 0 Å². The molecule has 0 aromatic carbocycles. The minimum absolute atomic E-state index is 0.217. The van der Waals surface area contributed by atoms with Gasteiger partial charge in [-0.15, -0.1) is 0 Å². The number of carbonyl (C=O) groups is 1. The number of piperidine rings is 1. The van der Waals surface area contributed by atoms with Gasteiger partial charge in [0, 0.05) is 51.0 Å². The summed E-state index contributed by atoms with van der Waals surface area (Å²) in [4.78, 5) is 27.6. The highest BCUT2D eigenvalue weighted by atomic mass is 16.2. The molecule has 6 heteroatoms. The van der Waals surface area contributed by atoms with E-state index in [0.29, 0.717) is 0 Å². The Bertz CT molecular complexity index is 513. The number of hydrogen-bond donors (Lipinski definition) is 0. The van der Waals surface area contributed by atoms with Gasteiger partial charge in [0.1, 0.15) is 11.6 Å². The van der Waals surface area contributed by atoms with E-state index < -0.39 is 0 Å². The molecule has 0 bridgehead atoms. The van der Waals surface area contributed by atoms with Crippen molar-refractivity contribution in [2.24, 2.45) is 0 Å². The number of likely N-dealkylation sites (tertiary alicyclic amines) is 1. The largest absolute Gasteiger partial charge is 0.353 e. The van der Waals surface area contributed by atoms with Gasteiger partial charge in [0.05, 0.1) is 0 Å². The average molecular weight is 303 g/mol. The van der Waals surface area contributed by atoms with Gasteiger partial charge >= 0.3 is 6.03 Å². The fraction of sp³-hybridized carbons (Fsp3) is 0.688. The molecule has 1 aromatic rings. The SMILES string of the molecule is Cc1cc(N2CCN(C(=O)N3CCCCC3)CC2)nc(C)n1. The monoisotopic (exact) mass is 303 g/mol. The van der Waals surface area contributed by atoms with Crippen LogP contribution in [-0.4, -0.2) is 65.1 Å². The maximum absolute atomic E-state index is 12.5. The molecule has 3 heterocycles. The number of aromatic nitrogens is 2. The molecule has 0 spiro atoms. The van der Waals surface area contributed by atoms with Gasteiger partial charge in [-0.25, -0.2) is 14.8 Å². The van der Waals surface area contributed by atoms with Crippen LogP contribution in [0.5, 0.6) is 0 Å². The molecular formula is C16H25N5O. The van der Waals surface area contributed by atoms with Crippen LogP contribution in [0.25, 0.3) is 0 Å². The van der Waals surface area contributed by atoms with E-state index in [0.717, 1.165) is 69.4 Å². The number of aryl methyl sites for hydroxylation is 2. The molecule has 2 fully saturated rings. The molecule has 0 N–H and O–H groups in total. The van der Waals surface area contributed by atoms with Crippen LogP contribution >= 0.6 is 0 Å². The first kappa shape index (κ1) is 15.1. The third-order valence-corrected chi connectivity index (χ3v) is 4.45. The van der Waals surface area contributed by atoms with Crippen molar-refractivity contribution in [3.05, 3.63) is 17.6 Å². The van der Waals surface area contributed by atoms with Crippen molar-refractivity contribution in [2.45, 2.75) is 33.1 Å². The van der Waals surface area contributed by atoms with Crippen molar-refractivity contribution < 1.29 is 4.79 Å². The lowest BCUT2D eigenvalue weighted by Gasteiger charge is -2.39. The summed E-state index contributed by atoms with van der Waals surface area (Å²) in [7, 11) is 0. The van der Waals surface area contributed by atoms with Crippen molar-refractivity contribution in [1.29, 1.82) is 0 Å². The molecule has 0 atom stereocenters. The highest BCUT2D eigenvalue weighted by molar-refractivity contribution is 5.75. The summed E-state index contributed by atoms with van der Waals surface area (Å²) >= 11 is 0. The lowest BCUT2D eigenvalue weighted by molar-refractivity contribution is 0.141. The lowest BCUT2D eigenvalue weighted by Crippen LogP contribution is -2.53. The van der Waals surface area contributed by atoms with Crippen LogP contribution in [0.4, 0.5) is 10.6 Å². The maximum atomic E-state index is 12.5. The molecule has 2 aliphatic heterocycles. The molecule has 2 amide bonds. The number of rotatable bonds is 1. The van der Waals surface area contributed by atoms with Crippen molar-refractivity contribution in [3.8, 4) is 0 Å². The number of hydrogen-bond acceptors (Lipinski definition) is 4. The maximum Gasteiger partial charge on any atom is 0.320 e. The summed E-state index contributed by atoms with van der Waals surface area (Å²) in [5, 5.41) is 0. The number of anilines is 1. The molecule has 0 aliphatic carbocycles. The van der Waals surface area contributed by atoms with Gasteiger partial charge in [-0.2, -0.15) is 0 Å². The van der Waals surface area contributed by atoms with Crippen molar-refractivity contribution in [2.75, 3.05) is 44.2 Å². The van der Waals surface area contributed by atoms with Gasteiger partial charge in [0.25, 0.3) is 0 Å². The van der Waals surface area contributed by atoms with Crippen LogP contribution in [-0.2, 0) is 0 Å². The fourth-order valence-corrected chi connectivity index (χ4v) is 3.27. The normalized spacial score (nSPS) is 19.5. The Morgan fingerprint density at radius 1 is 0.909 bits per heavy atom. The molecule has 3 rings (SSSR count). The van der Waals surface area contributed by atoms with Crippen LogP contribution in [0, 0.1) is 13.8 Å². The zero-order valence-electron chi connectivity index (χ0n) is 13.6. The van der Waals surface area contributed by atoms with Crippen molar-refractivity contribution >= 4 is 11.8 Å². The first-order chi connectivity index (χ1) is 10.6. The summed E-state index contributed by atoms with van der Waals surface area (Å²) < 4.78 is 0. The van der Waals surface area contributed by atoms with E-state index in [1.165, 1.54) is 6.42 Å². The quantitative estimate of drug-likeness (QED) is 0.794. The van der Waals surface area contributed by atoms with Gasteiger partial charge in [-0.3, -0.25) is 0 Å². The summed E-state index contributed by atoms with van der Waals surface area (Å²) in [6.45, 7) is 8.99. The minimum atomic E-state index is 0.217. The average Bonchev–Trinajstić information content (AvgIpc) is 2.54. The number of carbonyl (C=O) groups excluding carboxylic acids is 1. The van der Waals surface area contributed by atoms with Gasteiger partial charge in [-0.1, -0.05) is 0 Å². The highest BCUT2D eigenvalue weighted by Crippen LogP contribution is 2.17. The van der Waals surface area contributed by atoms with Gasteiger partial charge in [0.15, 0.2) is 0 Å². The molecule has 22 heavy (non-hydrogen) atoms. The topological polar surface area (TPSA) is 52.6 Å². The van der Waals surface area contributed by atoms with Crippen LogP contribution < -0.4 is 4.90 Å².